The molecule has 1 amide bonds. The summed E-state index contributed by atoms with van der Waals surface area (Å²) >= 11 is 0. The molecule has 2 aromatic heterocycles. The Hall–Kier alpha value is -2.21. The second kappa shape index (κ2) is 5.83. The molecular formula is C14H17N5O. The lowest BCUT2D eigenvalue weighted by molar-refractivity contribution is -0.115. The van der Waals surface area contributed by atoms with Gasteiger partial charge in [-0.1, -0.05) is 0 Å². The van der Waals surface area contributed by atoms with Gasteiger partial charge in [-0.25, -0.2) is 9.67 Å². The van der Waals surface area contributed by atoms with Crippen molar-refractivity contribution in [3.8, 4) is 5.82 Å². The molecule has 1 saturated carbocycles. The van der Waals surface area contributed by atoms with E-state index in [1.807, 2.05) is 12.1 Å². The summed E-state index contributed by atoms with van der Waals surface area (Å²) in [6.45, 7) is 1.25. The first-order valence-electron chi connectivity index (χ1n) is 6.78. The molecule has 1 aliphatic carbocycles. The molecule has 2 heterocycles. The number of pyridine rings is 1. The fourth-order valence-corrected chi connectivity index (χ4v) is 1.98. The normalized spacial score (nSPS) is 14.2. The van der Waals surface area contributed by atoms with Gasteiger partial charge in [0.25, 0.3) is 0 Å². The molecule has 0 unspecified atom stereocenters. The van der Waals surface area contributed by atoms with Gasteiger partial charge in [-0.05, 0) is 43.5 Å². The molecule has 3 rings (SSSR count). The number of carbonyl (C=O) groups is 1. The van der Waals surface area contributed by atoms with Gasteiger partial charge in [-0.15, -0.1) is 0 Å². The minimum atomic E-state index is -0.0629. The Labute approximate surface area is 117 Å². The number of anilines is 1. The first kappa shape index (κ1) is 12.8. The maximum Gasteiger partial charge on any atom is 0.238 e. The molecule has 104 valence electrons. The van der Waals surface area contributed by atoms with Gasteiger partial charge in [-0.3, -0.25) is 4.79 Å². The summed E-state index contributed by atoms with van der Waals surface area (Å²) in [5.74, 6) is 1.32. The fraction of sp³-hybridized carbons (Fsp3) is 0.357. The van der Waals surface area contributed by atoms with E-state index in [2.05, 4.69) is 20.7 Å². The monoisotopic (exact) mass is 271 g/mol. The third kappa shape index (κ3) is 3.21. The Kier molecular flexibility index (Phi) is 3.73. The molecule has 0 aliphatic heterocycles. The highest BCUT2D eigenvalue weighted by Crippen LogP contribution is 2.27. The molecule has 1 aliphatic rings. The molecule has 2 N–H and O–H groups in total. The van der Waals surface area contributed by atoms with E-state index in [1.165, 1.54) is 12.8 Å². The largest absolute Gasteiger partial charge is 0.322 e. The van der Waals surface area contributed by atoms with Crippen LogP contribution in [0.25, 0.3) is 5.82 Å². The number of amides is 1. The number of nitrogens with zero attached hydrogens (tertiary/aromatic N) is 3. The van der Waals surface area contributed by atoms with Gasteiger partial charge in [0.05, 0.1) is 12.2 Å². The second-order valence-electron chi connectivity index (χ2n) is 4.95. The van der Waals surface area contributed by atoms with Crippen LogP contribution in [-0.2, 0) is 4.79 Å². The van der Waals surface area contributed by atoms with Crippen LogP contribution in [0.15, 0.2) is 36.8 Å². The van der Waals surface area contributed by atoms with E-state index in [0.29, 0.717) is 18.1 Å². The predicted octanol–water partition coefficient (Wildman–Crippen LogP) is 1.21. The maximum absolute atomic E-state index is 11.9. The molecule has 2 aromatic rings. The van der Waals surface area contributed by atoms with Crippen LogP contribution in [0.3, 0.4) is 0 Å². The number of nitrogens with one attached hydrogen (secondary N) is 2. The number of carbonyl (C=O) groups excluding carboxylic acids is 1. The number of rotatable bonds is 6. The van der Waals surface area contributed by atoms with Gasteiger partial charge < -0.3 is 10.6 Å². The van der Waals surface area contributed by atoms with Gasteiger partial charge in [0.1, 0.15) is 0 Å². The van der Waals surface area contributed by atoms with Crippen molar-refractivity contribution in [1.29, 1.82) is 0 Å². The third-order valence-electron chi connectivity index (χ3n) is 3.20. The van der Waals surface area contributed by atoms with Gasteiger partial charge in [0.15, 0.2) is 5.82 Å². The zero-order valence-corrected chi connectivity index (χ0v) is 11.1. The van der Waals surface area contributed by atoms with Gasteiger partial charge >= 0.3 is 0 Å². The Morgan fingerprint density at radius 1 is 1.35 bits per heavy atom. The van der Waals surface area contributed by atoms with E-state index >= 15 is 0 Å². The zero-order valence-electron chi connectivity index (χ0n) is 11.1. The summed E-state index contributed by atoms with van der Waals surface area (Å²) in [4.78, 5) is 16.2. The van der Waals surface area contributed by atoms with E-state index in [-0.39, 0.29) is 5.91 Å². The number of aromatic nitrogens is 3. The van der Waals surface area contributed by atoms with E-state index in [9.17, 15) is 4.79 Å². The van der Waals surface area contributed by atoms with Crippen molar-refractivity contribution in [3.63, 3.8) is 0 Å². The number of hydrogen-bond donors (Lipinski definition) is 2. The zero-order chi connectivity index (χ0) is 13.8. The smallest absolute Gasteiger partial charge is 0.238 e. The third-order valence-corrected chi connectivity index (χ3v) is 3.20. The van der Waals surface area contributed by atoms with Crippen LogP contribution in [0.5, 0.6) is 0 Å². The van der Waals surface area contributed by atoms with Crippen LogP contribution in [0.4, 0.5) is 5.69 Å². The average molecular weight is 271 g/mol. The minimum absolute atomic E-state index is 0.0629. The van der Waals surface area contributed by atoms with Gasteiger partial charge in [0, 0.05) is 18.6 Å². The van der Waals surface area contributed by atoms with Crippen LogP contribution in [0.2, 0.25) is 0 Å². The van der Waals surface area contributed by atoms with E-state index in [0.717, 1.165) is 12.5 Å². The number of hydrogen-bond acceptors (Lipinski definition) is 4. The van der Waals surface area contributed by atoms with E-state index in [1.54, 1.807) is 29.3 Å². The standard InChI is InChI=1S/C14H17N5O/c20-13(10-15-9-11-4-5-11)18-12-3-1-6-16-14(12)19-8-2-7-17-19/h1-3,6-8,11,15H,4-5,9-10H2,(H,18,20). The van der Waals surface area contributed by atoms with E-state index < -0.39 is 0 Å². The highest BCUT2D eigenvalue weighted by molar-refractivity contribution is 5.93. The summed E-state index contributed by atoms with van der Waals surface area (Å²) in [6, 6.07) is 5.43. The lowest BCUT2D eigenvalue weighted by atomic mass is 10.3. The van der Waals surface area contributed by atoms with Crippen molar-refractivity contribution in [1.82, 2.24) is 20.1 Å². The Balaban J connectivity index is 1.62. The highest BCUT2D eigenvalue weighted by atomic mass is 16.1. The molecule has 20 heavy (non-hydrogen) atoms. The second-order valence-corrected chi connectivity index (χ2v) is 4.95. The first-order valence-corrected chi connectivity index (χ1v) is 6.78. The Morgan fingerprint density at radius 2 is 2.25 bits per heavy atom. The summed E-state index contributed by atoms with van der Waals surface area (Å²) in [7, 11) is 0. The highest BCUT2D eigenvalue weighted by Gasteiger charge is 2.20. The lowest BCUT2D eigenvalue weighted by Crippen LogP contribution is -2.29. The molecule has 6 nitrogen and oxygen atoms in total. The van der Waals surface area contributed by atoms with Crippen LogP contribution < -0.4 is 10.6 Å². The Bertz CT molecular complexity index is 577. The molecule has 1 fully saturated rings. The van der Waals surface area contributed by atoms with Crippen LogP contribution in [0, 0.1) is 5.92 Å². The van der Waals surface area contributed by atoms with Crippen molar-refractivity contribution in [2.45, 2.75) is 12.8 Å². The van der Waals surface area contributed by atoms with Crippen LogP contribution in [0.1, 0.15) is 12.8 Å². The van der Waals surface area contributed by atoms with Gasteiger partial charge in [-0.2, -0.15) is 5.10 Å². The summed E-state index contributed by atoms with van der Waals surface area (Å²) in [5, 5.41) is 10.2. The van der Waals surface area contributed by atoms with Crippen molar-refractivity contribution in [3.05, 3.63) is 36.8 Å². The molecule has 0 atom stereocenters. The topological polar surface area (TPSA) is 71.8 Å². The summed E-state index contributed by atoms with van der Waals surface area (Å²) < 4.78 is 1.63. The molecule has 0 saturated heterocycles. The molecular weight excluding hydrogens is 254 g/mol. The minimum Gasteiger partial charge on any atom is -0.322 e. The molecule has 6 heteroatoms. The quantitative estimate of drug-likeness (QED) is 0.828. The summed E-state index contributed by atoms with van der Waals surface area (Å²) in [6.07, 6.45) is 7.71. The fourth-order valence-electron chi connectivity index (χ4n) is 1.98. The van der Waals surface area contributed by atoms with Crippen molar-refractivity contribution < 1.29 is 4.79 Å². The average Bonchev–Trinajstić information content (AvgIpc) is 3.11. The first-order chi connectivity index (χ1) is 9.83. The van der Waals surface area contributed by atoms with Crippen molar-refractivity contribution >= 4 is 11.6 Å². The molecule has 0 radical (unpaired) electrons. The molecule has 0 spiro atoms. The lowest BCUT2D eigenvalue weighted by Gasteiger charge is -2.10. The maximum atomic E-state index is 11.9. The SMILES string of the molecule is O=C(CNCC1CC1)Nc1cccnc1-n1cccn1. The van der Waals surface area contributed by atoms with E-state index in [4.69, 9.17) is 0 Å². The van der Waals surface area contributed by atoms with Crippen molar-refractivity contribution in [2.24, 2.45) is 5.92 Å². The van der Waals surface area contributed by atoms with Crippen LogP contribution in [-0.4, -0.2) is 33.8 Å². The Morgan fingerprint density at radius 3 is 3.00 bits per heavy atom. The molecule has 0 bridgehead atoms. The van der Waals surface area contributed by atoms with Crippen molar-refractivity contribution in [2.75, 3.05) is 18.4 Å². The predicted molar refractivity (Wildman–Crippen MR) is 75.6 cm³/mol. The molecule has 0 aromatic carbocycles. The van der Waals surface area contributed by atoms with Crippen LogP contribution >= 0.6 is 0 Å². The van der Waals surface area contributed by atoms with Gasteiger partial charge in [0.2, 0.25) is 5.91 Å². The summed E-state index contributed by atoms with van der Waals surface area (Å²) in [5.41, 5.74) is 0.662.